The van der Waals surface area contributed by atoms with Crippen LogP contribution in [0, 0.1) is 11.6 Å². The molecule has 12 heteroatoms. The van der Waals surface area contributed by atoms with Crippen molar-refractivity contribution in [3.8, 4) is 17.0 Å². The quantitative estimate of drug-likeness (QED) is 0.400. The maximum Gasteiger partial charge on any atom is 0.229 e. The lowest BCUT2D eigenvalue weighted by molar-refractivity contribution is 0.403. The van der Waals surface area contributed by atoms with Crippen molar-refractivity contribution in [2.24, 2.45) is 0 Å². The van der Waals surface area contributed by atoms with Gasteiger partial charge in [-0.3, -0.25) is 5.10 Å². The highest BCUT2D eigenvalue weighted by molar-refractivity contribution is 7.90. The van der Waals surface area contributed by atoms with Crippen molar-refractivity contribution >= 4 is 38.2 Å². The van der Waals surface area contributed by atoms with E-state index in [0.717, 1.165) is 18.4 Å². The predicted octanol–water partition coefficient (Wildman–Crippen LogP) is 3.50. The molecule has 0 radical (unpaired) electrons. The zero-order valence-corrected chi connectivity index (χ0v) is 18.0. The summed E-state index contributed by atoms with van der Waals surface area (Å²) in [6.07, 6.45) is 2.56. The van der Waals surface area contributed by atoms with E-state index in [9.17, 15) is 17.2 Å². The van der Waals surface area contributed by atoms with E-state index < -0.39 is 21.5 Å². The van der Waals surface area contributed by atoms with Gasteiger partial charge in [-0.05, 0) is 24.3 Å². The van der Waals surface area contributed by atoms with E-state index in [2.05, 4.69) is 30.8 Å². The van der Waals surface area contributed by atoms with Gasteiger partial charge in [0.25, 0.3) is 0 Å². The van der Waals surface area contributed by atoms with Gasteiger partial charge < -0.3 is 15.4 Å². The molecule has 0 aliphatic carbocycles. The number of rotatable bonds is 6. The van der Waals surface area contributed by atoms with Gasteiger partial charge in [0.15, 0.2) is 21.5 Å². The van der Waals surface area contributed by atoms with Crippen molar-refractivity contribution in [3.63, 3.8) is 0 Å². The molecule has 0 saturated carbocycles. The van der Waals surface area contributed by atoms with E-state index in [1.165, 1.54) is 25.4 Å². The van der Waals surface area contributed by atoms with Crippen molar-refractivity contribution in [1.82, 2.24) is 20.2 Å². The topological polar surface area (TPSA) is 122 Å². The maximum absolute atomic E-state index is 13.8. The molecule has 4 aromatic rings. The fraction of sp³-hybridized carbons (Fsp3) is 0.150. The van der Waals surface area contributed by atoms with Gasteiger partial charge in [-0.25, -0.2) is 22.2 Å². The Morgan fingerprint density at radius 2 is 1.88 bits per heavy atom. The monoisotopic (exact) mass is 460 g/mol. The average Bonchev–Trinajstić information content (AvgIpc) is 3.15. The summed E-state index contributed by atoms with van der Waals surface area (Å²) in [6.45, 7) is 0. The molecular formula is C20H18F2N6O3S. The minimum absolute atomic E-state index is 0.0210. The Kier molecular flexibility index (Phi) is 5.38. The number of methoxy groups -OCH3 is 1. The molecule has 0 aliphatic heterocycles. The zero-order chi connectivity index (χ0) is 23.0. The first kappa shape index (κ1) is 21.4. The van der Waals surface area contributed by atoms with Gasteiger partial charge in [-0.15, -0.1) is 0 Å². The molecule has 0 saturated heterocycles. The van der Waals surface area contributed by atoms with Crippen LogP contribution >= 0.6 is 0 Å². The number of ether oxygens (including phenoxy) is 1. The van der Waals surface area contributed by atoms with Crippen molar-refractivity contribution in [2.75, 3.05) is 31.0 Å². The summed E-state index contributed by atoms with van der Waals surface area (Å²) >= 11 is 0. The van der Waals surface area contributed by atoms with E-state index in [0.29, 0.717) is 33.7 Å². The Morgan fingerprint density at radius 3 is 2.56 bits per heavy atom. The van der Waals surface area contributed by atoms with Gasteiger partial charge in [-0.1, -0.05) is 0 Å². The summed E-state index contributed by atoms with van der Waals surface area (Å²) in [4.78, 5) is 8.66. The second-order valence-corrected chi connectivity index (χ2v) is 8.84. The fourth-order valence-electron chi connectivity index (χ4n) is 3.20. The second-order valence-electron chi connectivity index (χ2n) is 6.85. The second kappa shape index (κ2) is 8.04. The number of halogens is 2. The molecule has 2 aromatic heterocycles. The van der Waals surface area contributed by atoms with Crippen LogP contribution in [-0.2, 0) is 9.84 Å². The first-order valence-electron chi connectivity index (χ1n) is 9.24. The highest BCUT2D eigenvalue weighted by Crippen LogP contribution is 2.33. The maximum atomic E-state index is 13.8. The molecule has 4 rings (SSSR count). The molecule has 32 heavy (non-hydrogen) atoms. The van der Waals surface area contributed by atoms with E-state index >= 15 is 0 Å². The van der Waals surface area contributed by atoms with E-state index in [1.807, 2.05) is 0 Å². The molecule has 3 N–H and O–H groups in total. The normalized spacial score (nSPS) is 11.5. The van der Waals surface area contributed by atoms with Crippen LogP contribution in [-0.4, -0.2) is 49.0 Å². The number of benzene rings is 2. The fourth-order valence-corrected chi connectivity index (χ4v) is 4.05. The lowest BCUT2D eigenvalue weighted by atomic mass is 10.1. The van der Waals surface area contributed by atoms with Gasteiger partial charge in [0.1, 0.15) is 22.2 Å². The Hall–Kier alpha value is -3.80. The number of aromatic amines is 1. The molecule has 0 unspecified atom stereocenters. The molecule has 0 amide bonds. The number of nitrogens with one attached hydrogen (secondary N) is 3. The lowest BCUT2D eigenvalue weighted by Gasteiger charge is -2.12. The number of hydrogen-bond donors (Lipinski definition) is 3. The summed E-state index contributed by atoms with van der Waals surface area (Å²) in [7, 11) is -0.499. The first-order valence-corrected chi connectivity index (χ1v) is 11.1. The van der Waals surface area contributed by atoms with Crippen LogP contribution in [0.5, 0.6) is 5.75 Å². The van der Waals surface area contributed by atoms with Gasteiger partial charge in [-0.2, -0.15) is 10.1 Å². The standard InChI is InChI=1S/C20H18F2N6O3S/c1-23-19-12(18-11-7-13(21)14(22)8-15(11)27-28-18)9-24-20(26-19)25-10-4-5-16(31-2)17(6-10)32(3,29)30/h4-9H,1-3H3,(H,27,28)(H2,23,24,25,26). The Bertz CT molecular complexity index is 1440. The van der Waals surface area contributed by atoms with Gasteiger partial charge in [0.05, 0.1) is 18.2 Å². The number of aromatic nitrogens is 4. The zero-order valence-electron chi connectivity index (χ0n) is 17.2. The smallest absolute Gasteiger partial charge is 0.229 e. The lowest BCUT2D eigenvalue weighted by Crippen LogP contribution is -2.05. The molecule has 2 heterocycles. The highest BCUT2D eigenvalue weighted by atomic mass is 32.2. The number of fused-ring (bicyclic) bond motifs is 1. The van der Waals surface area contributed by atoms with Crippen LogP contribution in [0.2, 0.25) is 0 Å². The molecule has 0 fully saturated rings. The summed E-state index contributed by atoms with van der Waals surface area (Å²) < 4.78 is 56.4. The molecular weight excluding hydrogens is 442 g/mol. The molecule has 0 spiro atoms. The molecule has 0 bridgehead atoms. The van der Waals surface area contributed by atoms with Gasteiger partial charge in [0, 0.05) is 36.6 Å². The minimum Gasteiger partial charge on any atom is -0.495 e. The summed E-state index contributed by atoms with van der Waals surface area (Å²) in [6, 6.07) is 6.65. The summed E-state index contributed by atoms with van der Waals surface area (Å²) in [5.41, 5.74) is 1.57. The van der Waals surface area contributed by atoms with Crippen LogP contribution in [0.15, 0.2) is 41.4 Å². The minimum atomic E-state index is -3.52. The number of anilines is 3. The third-order valence-corrected chi connectivity index (χ3v) is 5.82. The molecule has 0 aliphatic rings. The summed E-state index contributed by atoms with van der Waals surface area (Å²) in [5.74, 6) is -1.20. The molecule has 166 valence electrons. The SMILES string of the molecule is CNc1nc(Nc2ccc(OC)c(S(C)(=O)=O)c2)ncc1-c1n[nH]c2cc(F)c(F)cc12. The van der Waals surface area contributed by atoms with Crippen molar-refractivity contribution in [2.45, 2.75) is 4.90 Å². The van der Waals surface area contributed by atoms with Crippen LogP contribution in [0.3, 0.4) is 0 Å². The number of H-pyrrole nitrogens is 1. The van der Waals surface area contributed by atoms with Crippen LogP contribution in [0.1, 0.15) is 0 Å². The molecule has 0 atom stereocenters. The van der Waals surface area contributed by atoms with Crippen molar-refractivity contribution in [1.29, 1.82) is 0 Å². The largest absolute Gasteiger partial charge is 0.495 e. The van der Waals surface area contributed by atoms with Crippen LogP contribution < -0.4 is 15.4 Å². The van der Waals surface area contributed by atoms with Crippen molar-refractivity contribution < 1.29 is 21.9 Å². The molecule has 2 aromatic carbocycles. The van der Waals surface area contributed by atoms with Crippen LogP contribution in [0.25, 0.3) is 22.2 Å². The Labute approximate surface area is 181 Å². The molecule has 9 nitrogen and oxygen atoms in total. The van der Waals surface area contributed by atoms with Gasteiger partial charge >= 0.3 is 0 Å². The first-order chi connectivity index (χ1) is 15.2. The van der Waals surface area contributed by atoms with E-state index in [-0.39, 0.29) is 16.6 Å². The third-order valence-electron chi connectivity index (χ3n) is 4.70. The number of hydrogen-bond acceptors (Lipinski definition) is 8. The van der Waals surface area contributed by atoms with E-state index in [1.54, 1.807) is 13.1 Å². The predicted molar refractivity (Wildman–Crippen MR) is 116 cm³/mol. The third kappa shape index (κ3) is 3.91. The average molecular weight is 460 g/mol. The van der Waals surface area contributed by atoms with E-state index in [4.69, 9.17) is 4.74 Å². The Balaban J connectivity index is 1.72. The van der Waals surface area contributed by atoms with Gasteiger partial charge in [0.2, 0.25) is 5.95 Å². The highest BCUT2D eigenvalue weighted by Gasteiger charge is 2.18. The van der Waals surface area contributed by atoms with Crippen molar-refractivity contribution in [3.05, 3.63) is 48.2 Å². The number of sulfone groups is 1. The Morgan fingerprint density at radius 1 is 1.12 bits per heavy atom. The number of nitrogens with zero attached hydrogens (tertiary/aromatic N) is 3. The van der Waals surface area contributed by atoms with Crippen LogP contribution in [0.4, 0.5) is 26.2 Å². The summed E-state index contributed by atoms with van der Waals surface area (Å²) in [5, 5.41) is 13.1.